The predicted octanol–water partition coefficient (Wildman–Crippen LogP) is 2.63. The van der Waals surface area contributed by atoms with Crippen LogP contribution in [-0.4, -0.2) is 63.3 Å². The number of ether oxygens (including phenoxy) is 1. The van der Waals surface area contributed by atoms with E-state index in [-0.39, 0.29) is 5.56 Å². The molecule has 1 fully saturated rings. The normalized spacial score (nSPS) is 16.2. The van der Waals surface area contributed by atoms with Crippen molar-refractivity contribution in [3.63, 3.8) is 0 Å². The first kappa shape index (κ1) is 26.7. The van der Waals surface area contributed by atoms with Gasteiger partial charge in [-0.2, -0.15) is 0 Å². The molecule has 3 aromatic rings. The zero-order valence-electron chi connectivity index (χ0n) is 21.0. The molecule has 2 aromatic heterocycles. The number of methoxy groups -OCH3 is 1. The quantitative estimate of drug-likeness (QED) is 0.306. The van der Waals surface area contributed by atoms with Crippen LogP contribution in [0.2, 0.25) is 5.02 Å². The number of hydrogen-bond acceptors (Lipinski definition) is 7. The summed E-state index contributed by atoms with van der Waals surface area (Å²) in [4.78, 5) is 45.0. The van der Waals surface area contributed by atoms with Gasteiger partial charge in [-0.1, -0.05) is 43.5 Å². The first-order chi connectivity index (χ1) is 17.9. The fraction of sp³-hybridized carbons (Fsp3) is 0.462. The molecule has 10 nitrogen and oxygen atoms in total. The van der Waals surface area contributed by atoms with Gasteiger partial charge in [0.15, 0.2) is 6.04 Å². The lowest BCUT2D eigenvalue weighted by atomic mass is 10.2. The fourth-order valence-electron chi connectivity index (χ4n) is 4.72. The minimum atomic E-state index is -1.15. The van der Waals surface area contributed by atoms with Gasteiger partial charge >= 0.3 is 5.97 Å². The Bertz CT molecular complexity index is 1320. The third kappa shape index (κ3) is 5.65. The molecule has 11 heteroatoms. The Balaban J connectivity index is 1.75. The third-order valence-corrected chi connectivity index (χ3v) is 6.91. The summed E-state index contributed by atoms with van der Waals surface area (Å²) in [7, 11) is 1.20. The molecule has 0 spiro atoms. The molecule has 4 rings (SSSR count). The summed E-state index contributed by atoms with van der Waals surface area (Å²) in [5.41, 5.74) is 1.23. The van der Waals surface area contributed by atoms with E-state index in [0.29, 0.717) is 41.8 Å². The second kappa shape index (κ2) is 11.8. The maximum atomic E-state index is 13.2. The molecule has 1 amide bonds. The maximum absolute atomic E-state index is 13.2. The molecule has 2 atom stereocenters. The molecule has 1 aromatic carbocycles. The van der Waals surface area contributed by atoms with Crippen LogP contribution in [-0.2, 0) is 20.9 Å². The molecule has 198 valence electrons. The Labute approximate surface area is 219 Å². The molecular weight excluding hydrogens is 498 g/mol. The molecule has 0 unspecified atom stereocenters. The molecule has 0 aliphatic carbocycles. The monoisotopic (exact) mass is 529 g/mol. The first-order valence-corrected chi connectivity index (χ1v) is 12.9. The van der Waals surface area contributed by atoms with Gasteiger partial charge in [0, 0.05) is 35.9 Å². The van der Waals surface area contributed by atoms with Crippen LogP contribution < -0.4 is 15.8 Å². The first-order valence-electron chi connectivity index (χ1n) is 12.5. The molecule has 37 heavy (non-hydrogen) atoms. The van der Waals surface area contributed by atoms with Crippen LogP contribution in [0.25, 0.3) is 17.0 Å². The van der Waals surface area contributed by atoms with E-state index in [1.807, 2.05) is 21.6 Å². The number of benzene rings is 1. The Morgan fingerprint density at radius 2 is 2.03 bits per heavy atom. The molecular formula is C26H32ClN5O5. The van der Waals surface area contributed by atoms with Crippen molar-refractivity contribution in [3.05, 3.63) is 51.9 Å². The van der Waals surface area contributed by atoms with Crippen molar-refractivity contribution >= 4 is 35.1 Å². The van der Waals surface area contributed by atoms with E-state index in [9.17, 15) is 19.5 Å². The number of unbranched alkanes of at least 4 members (excludes halogenated alkanes) is 2. The number of nitrogens with zero attached hydrogens (tertiary/aromatic N) is 4. The lowest BCUT2D eigenvalue weighted by molar-refractivity contribution is -0.146. The summed E-state index contributed by atoms with van der Waals surface area (Å²) in [5, 5.41) is 12.7. The highest BCUT2D eigenvalue weighted by Crippen LogP contribution is 2.28. The SMILES string of the molecule is CCCCCn1c(N2CCC[C@H]2C(=O)N[C@@H](CO)C(=O)OC)cc(=O)n2cc(-c3ccc(Cl)cc3)nc12. The molecule has 1 saturated heterocycles. The highest BCUT2D eigenvalue weighted by molar-refractivity contribution is 6.30. The highest BCUT2D eigenvalue weighted by Gasteiger charge is 2.35. The van der Waals surface area contributed by atoms with E-state index >= 15 is 0 Å². The van der Waals surface area contributed by atoms with Crippen molar-refractivity contribution in [2.45, 2.75) is 57.7 Å². The number of aliphatic hydroxyl groups excluding tert-OH is 1. The van der Waals surface area contributed by atoms with Gasteiger partial charge in [0.25, 0.3) is 5.56 Å². The molecule has 1 aliphatic heterocycles. The lowest BCUT2D eigenvalue weighted by Gasteiger charge is -2.29. The highest BCUT2D eigenvalue weighted by atomic mass is 35.5. The minimum Gasteiger partial charge on any atom is -0.467 e. The number of esters is 1. The fourth-order valence-corrected chi connectivity index (χ4v) is 4.84. The van der Waals surface area contributed by atoms with Gasteiger partial charge in [-0.3, -0.25) is 18.6 Å². The average Bonchev–Trinajstić information content (AvgIpc) is 3.57. The van der Waals surface area contributed by atoms with E-state index < -0.39 is 30.6 Å². The average molecular weight is 530 g/mol. The molecule has 0 radical (unpaired) electrons. The lowest BCUT2D eigenvalue weighted by Crippen LogP contribution is -2.51. The number of carbonyl (C=O) groups excluding carboxylic acids is 2. The van der Waals surface area contributed by atoms with Crippen molar-refractivity contribution in [2.75, 3.05) is 25.2 Å². The topological polar surface area (TPSA) is 118 Å². The van der Waals surface area contributed by atoms with E-state index in [2.05, 4.69) is 17.0 Å². The van der Waals surface area contributed by atoms with Crippen LogP contribution in [0.4, 0.5) is 5.82 Å². The summed E-state index contributed by atoms with van der Waals surface area (Å²) < 4.78 is 8.19. The number of imidazole rings is 1. The number of hydrogen-bond donors (Lipinski definition) is 2. The summed E-state index contributed by atoms with van der Waals surface area (Å²) in [6.07, 6.45) is 5.91. The van der Waals surface area contributed by atoms with Crippen LogP contribution in [0.5, 0.6) is 0 Å². The van der Waals surface area contributed by atoms with Crippen molar-refractivity contribution in [1.82, 2.24) is 19.3 Å². The Hall–Kier alpha value is -3.37. The van der Waals surface area contributed by atoms with Crippen molar-refractivity contribution in [1.29, 1.82) is 0 Å². The summed E-state index contributed by atoms with van der Waals surface area (Å²) in [5.74, 6) is -0.0134. The zero-order valence-corrected chi connectivity index (χ0v) is 21.8. The van der Waals surface area contributed by atoms with E-state index in [1.54, 1.807) is 24.4 Å². The second-order valence-corrected chi connectivity index (χ2v) is 9.56. The Kier molecular flexibility index (Phi) is 8.50. The third-order valence-electron chi connectivity index (χ3n) is 6.66. The van der Waals surface area contributed by atoms with Crippen LogP contribution in [0.1, 0.15) is 39.0 Å². The maximum Gasteiger partial charge on any atom is 0.330 e. The number of aliphatic hydroxyl groups is 1. The van der Waals surface area contributed by atoms with Gasteiger partial charge in [0.1, 0.15) is 11.9 Å². The van der Waals surface area contributed by atoms with Gasteiger partial charge in [-0.25, -0.2) is 9.78 Å². The van der Waals surface area contributed by atoms with Gasteiger partial charge < -0.3 is 20.1 Å². The summed E-state index contributed by atoms with van der Waals surface area (Å²) in [6.45, 7) is 2.74. The van der Waals surface area contributed by atoms with Crippen LogP contribution in [0.3, 0.4) is 0 Å². The molecule has 1 aliphatic rings. The number of aromatic nitrogens is 3. The summed E-state index contributed by atoms with van der Waals surface area (Å²) >= 11 is 6.04. The van der Waals surface area contributed by atoms with Crippen LogP contribution >= 0.6 is 11.6 Å². The van der Waals surface area contributed by atoms with Gasteiger partial charge in [0.05, 0.1) is 19.4 Å². The number of amides is 1. The standard InChI is InChI=1S/C26H32ClN5O5/c1-3-4-5-12-31-22(30-13-6-7-21(30)24(35)28-20(16-33)25(36)37-2)14-23(34)32-15-19(29-26(31)32)17-8-10-18(27)11-9-17/h8-11,14-15,20-21,33H,3-7,12-13,16H2,1-2H3,(H,28,35)/t20-,21-/m0/s1. The van der Waals surface area contributed by atoms with Crippen LogP contribution in [0.15, 0.2) is 41.3 Å². The van der Waals surface area contributed by atoms with Crippen molar-refractivity contribution in [3.8, 4) is 11.3 Å². The number of anilines is 1. The van der Waals surface area contributed by atoms with Crippen molar-refractivity contribution in [2.24, 2.45) is 0 Å². The number of rotatable bonds is 10. The molecule has 3 heterocycles. The van der Waals surface area contributed by atoms with E-state index in [0.717, 1.165) is 31.2 Å². The molecule has 2 N–H and O–H groups in total. The smallest absolute Gasteiger partial charge is 0.330 e. The molecule has 0 bridgehead atoms. The zero-order chi connectivity index (χ0) is 26.5. The second-order valence-electron chi connectivity index (χ2n) is 9.12. The van der Waals surface area contributed by atoms with Crippen LogP contribution in [0, 0.1) is 0 Å². The van der Waals surface area contributed by atoms with E-state index in [4.69, 9.17) is 16.6 Å². The minimum absolute atomic E-state index is 0.252. The number of fused-ring (bicyclic) bond motifs is 1. The largest absolute Gasteiger partial charge is 0.467 e. The number of carbonyl (C=O) groups is 2. The van der Waals surface area contributed by atoms with Crippen molar-refractivity contribution < 1.29 is 19.4 Å². The van der Waals surface area contributed by atoms with Gasteiger partial charge in [-0.05, 0) is 31.4 Å². The number of aryl methyl sites for hydroxylation is 1. The van der Waals surface area contributed by atoms with E-state index in [1.165, 1.54) is 11.5 Å². The number of nitrogens with one attached hydrogen (secondary N) is 1. The number of halogens is 1. The predicted molar refractivity (Wildman–Crippen MR) is 141 cm³/mol. The Morgan fingerprint density at radius 1 is 1.27 bits per heavy atom. The van der Waals surface area contributed by atoms with Gasteiger partial charge in [-0.15, -0.1) is 0 Å². The Morgan fingerprint density at radius 3 is 2.70 bits per heavy atom. The summed E-state index contributed by atoms with van der Waals surface area (Å²) in [6, 6.07) is 7.06. The molecule has 0 saturated carbocycles. The van der Waals surface area contributed by atoms with Gasteiger partial charge in [0.2, 0.25) is 11.7 Å².